The molecule has 0 radical (unpaired) electrons. The van der Waals surface area contributed by atoms with Crippen molar-refractivity contribution in [3.05, 3.63) is 0 Å². The third-order valence-corrected chi connectivity index (χ3v) is 2.49. The number of hydrogen-bond acceptors (Lipinski definition) is 2. The Bertz CT molecular complexity index is 125. The van der Waals surface area contributed by atoms with Crippen LogP contribution < -0.4 is 5.32 Å². The zero-order valence-corrected chi connectivity index (χ0v) is 8.47. The van der Waals surface area contributed by atoms with Crippen molar-refractivity contribution in [3.63, 3.8) is 0 Å². The minimum Gasteiger partial charge on any atom is -0.377 e. The van der Waals surface area contributed by atoms with Gasteiger partial charge in [-0.1, -0.05) is 20.8 Å². The summed E-state index contributed by atoms with van der Waals surface area (Å²) in [4.78, 5) is 0. The van der Waals surface area contributed by atoms with E-state index in [1.54, 1.807) is 0 Å². The quantitative estimate of drug-likeness (QED) is 0.696. The minimum absolute atomic E-state index is 0.470. The van der Waals surface area contributed by atoms with Gasteiger partial charge in [0.15, 0.2) is 0 Å². The molecule has 0 saturated carbocycles. The predicted octanol–water partition coefficient (Wildman–Crippen LogP) is 1.80. The summed E-state index contributed by atoms with van der Waals surface area (Å²) in [5.41, 5.74) is 0. The first-order chi connectivity index (χ1) is 5.74. The van der Waals surface area contributed by atoms with Crippen LogP contribution in [0.1, 0.15) is 33.6 Å². The van der Waals surface area contributed by atoms with E-state index in [0.717, 1.165) is 25.5 Å². The molecule has 1 heterocycles. The van der Waals surface area contributed by atoms with Crippen LogP contribution in [0.25, 0.3) is 0 Å². The molecular weight excluding hydrogens is 150 g/mol. The van der Waals surface area contributed by atoms with E-state index < -0.39 is 0 Å². The van der Waals surface area contributed by atoms with E-state index in [4.69, 9.17) is 4.74 Å². The average Bonchev–Trinajstić information content (AvgIpc) is 2.48. The van der Waals surface area contributed by atoms with Crippen molar-refractivity contribution in [3.8, 4) is 0 Å². The van der Waals surface area contributed by atoms with Crippen LogP contribution in [0, 0.1) is 5.92 Å². The van der Waals surface area contributed by atoms with Gasteiger partial charge in [-0.3, -0.25) is 0 Å². The van der Waals surface area contributed by atoms with Crippen molar-refractivity contribution in [1.29, 1.82) is 0 Å². The molecule has 1 rings (SSSR count). The van der Waals surface area contributed by atoms with Gasteiger partial charge in [0.25, 0.3) is 0 Å². The van der Waals surface area contributed by atoms with Crippen LogP contribution in [-0.4, -0.2) is 25.3 Å². The summed E-state index contributed by atoms with van der Waals surface area (Å²) in [7, 11) is 0. The van der Waals surface area contributed by atoms with Crippen molar-refractivity contribution >= 4 is 0 Å². The molecule has 12 heavy (non-hydrogen) atoms. The first-order valence-electron chi connectivity index (χ1n) is 5.09. The molecule has 72 valence electrons. The Labute approximate surface area is 75.7 Å². The maximum Gasteiger partial charge on any atom is 0.0714 e. The molecule has 1 fully saturated rings. The van der Waals surface area contributed by atoms with Crippen LogP contribution in [-0.2, 0) is 4.74 Å². The van der Waals surface area contributed by atoms with Crippen LogP contribution in [0.15, 0.2) is 0 Å². The standard InChI is InChI=1S/C10H21NO/c1-4-5-12-9-6-10(8(2)3)11-7-9/h8-11H,4-7H2,1-3H3/t9-,10-/m0/s1. The highest BCUT2D eigenvalue weighted by atomic mass is 16.5. The monoisotopic (exact) mass is 171 g/mol. The molecule has 1 N–H and O–H groups in total. The van der Waals surface area contributed by atoms with Gasteiger partial charge in [0.05, 0.1) is 6.10 Å². The Hall–Kier alpha value is -0.0800. The Kier molecular flexibility index (Phi) is 4.02. The molecule has 2 nitrogen and oxygen atoms in total. The van der Waals surface area contributed by atoms with Crippen LogP contribution in [0.2, 0.25) is 0 Å². The topological polar surface area (TPSA) is 21.3 Å². The van der Waals surface area contributed by atoms with Crippen molar-refractivity contribution in [2.45, 2.75) is 45.8 Å². The molecule has 0 spiro atoms. The fraction of sp³-hybridized carbons (Fsp3) is 1.00. The van der Waals surface area contributed by atoms with Crippen molar-refractivity contribution in [1.82, 2.24) is 5.32 Å². The summed E-state index contributed by atoms with van der Waals surface area (Å²) in [5.74, 6) is 0.736. The second-order valence-electron chi connectivity index (χ2n) is 3.99. The molecule has 2 heteroatoms. The zero-order valence-electron chi connectivity index (χ0n) is 8.47. The Balaban J connectivity index is 2.17. The van der Waals surface area contributed by atoms with Gasteiger partial charge in [0, 0.05) is 19.2 Å². The summed E-state index contributed by atoms with van der Waals surface area (Å²) in [6.07, 6.45) is 2.79. The maximum atomic E-state index is 5.67. The third kappa shape index (κ3) is 2.76. The smallest absolute Gasteiger partial charge is 0.0714 e. The molecule has 0 aliphatic carbocycles. The third-order valence-electron chi connectivity index (χ3n) is 2.49. The summed E-state index contributed by atoms with van der Waals surface area (Å²) >= 11 is 0. The van der Waals surface area contributed by atoms with E-state index in [0.29, 0.717) is 12.1 Å². The summed E-state index contributed by atoms with van der Waals surface area (Å²) in [5, 5.41) is 3.49. The minimum atomic E-state index is 0.470. The number of ether oxygens (including phenoxy) is 1. The van der Waals surface area contributed by atoms with E-state index in [9.17, 15) is 0 Å². The molecule has 0 unspecified atom stereocenters. The highest BCUT2D eigenvalue weighted by Gasteiger charge is 2.26. The molecule has 1 aliphatic rings. The molecule has 0 aromatic carbocycles. The summed E-state index contributed by atoms with van der Waals surface area (Å²) in [6.45, 7) is 8.64. The van der Waals surface area contributed by atoms with Crippen LogP contribution in [0.4, 0.5) is 0 Å². The highest BCUT2D eigenvalue weighted by Crippen LogP contribution is 2.16. The fourth-order valence-electron chi connectivity index (χ4n) is 1.65. The van der Waals surface area contributed by atoms with Crippen molar-refractivity contribution < 1.29 is 4.74 Å². The molecule has 0 aromatic rings. The van der Waals surface area contributed by atoms with E-state index in [-0.39, 0.29) is 0 Å². The second-order valence-corrected chi connectivity index (χ2v) is 3.99. The Morgan fingerprint density at radius 3 is 2.75 bits per heavy atom. The largest absolute Gasteiger partial charge is 0.377 e. The van der Waals surface area contributed by atoms with Crippen LogP contribution in [0.3, 0.4) is 0 Å². The van der Waals surface area contributed by atoms with Crippen LogP contribution in [0.5, 0.6) is 0 Å². The van der Waals surface area contributed by atoms with Gasteiger partial charge >= 0.3 is 0 Å². The van der Waals surface area contributed by atoms with E-state index in [1.807, 2.05) is 0 Å². The van der Waals surface area contributed by atoms with Gasteiger partial charge in [0.2, 0.25) is 0 Å². The lowest BCUT2D eigenvalue weighted by molar-refractivity contribution is 0.0649. The maximum absolute atomic E-state index is 5.67. The number of nitrogens with one attached hydrogen (secondary N) is 1. The van der Waals surface area contributed by atoms with Gasteiger partial charge in [0.1, 0.15) is 0 Å². The second kappa shape index (κ2) is 4.83. The molecule has 0 aromatic heterocycles. The lowest BCUT2D eigenvalue weighted by Gasteiger charge is -2.14. The van der Waals surface area contributed by atoms with Gasteiger partial charge in [-0.2, -0.15) is 0 Å². The first-order valence-corrected chi connectivity index (χ1v) is 5.09. The fourth-order valence-corrected chi connectivity index (χ4v) is 1.65. The van der Waals surface area contributed by atoms with Gasteiger partial charge in [-0.05, 0) is 18.8 Å². The lowest BCUT2D eigenvalue weighted by atomic mass is 10.0. The molecule has 2 atom stereocenters. The molecule has 1 aliphatic heterocycles. The first kappa shape index (κ1) is 10.0. The van der Waals surface area contributed by atoms with Gasteiger partial charge < -0.3 is 10.1 Å². The summed E-state index contributed by atoms with van der Waals surface area (Å²) in [6, 6.07) is 0.673. The normalized spacial score (nSPS) is 30.0. The average molecular weight is 171 g/mol. The van der Waals surface area contributed by atoms with Gasteiger partial charge in [-0.25, -0.2) is 0 Å². The Morgan fingerprint density at radius 1 is 1.50 bits per heavy atom. The van der Waals surface area contributed by atoms with Crippen LogP contribution >= 0.6 is 0 Å². The predicted molar refractivity (Wildman–Crippen MR) is 51.3 cm³/mol. The van der Waals surface area contributed by atoms with E-state index in [1.165, 1.54) is 6.42 Å². The van der Waals surface area contributed by atoms with Gasteiger partial charge in [-0.15, -0.1) is 0 Å². The molecule has 1 saturated heterocycles. The van der Waals surface area contributed by atoms with Crippen molar-refractivity contribution in [2.24, 2.45) is 5.92 Å². The molecular formula is C10H21NO. The number of rotatable bonds is 4. The summed E-state index contributed by atoms with van der Waals surface area (Å²) < 4.78 is 5.67. The number of hydrogen-bond donors (Lipinski definition) is 1. The zero-order chi connectivity index (χ0) is 8.97. The van der Waals surface area contributed by atoms with Crippen molar-refractivity contribution in [2.75, 3.05) is 13.2 Å². The Morgan fingerprint density at radius 2 is 2.25 bits per heavy atom. The van der Waals surface area contributed by atoms with E-state index in [2.05, 4.69) is 26.1 Å². The highest BCUT2D eigenvalue weighted by molar-refractivity contribution is 4.84. The molecule has 0 amide bonds. The lowest BCUT2D eigenvalue weighted by Crippen LogP contribution is -2.26. The molecule has 0 bridgehead atoms. The van der Waals surface area contributed by atoms with E-state index >= 15 is 0 Å². The SMILES string of the molecule is CCCO[C@@H]1CN[C@H](C(C)C)C1.